The summed E-state index contributed by atoms with van der Waals surface area (Å²) in [6, 6.07) is 22.0. The van der Waals surface area contributed by atoms with E-state index in [-0.39, 0.29) is 6.03 Å². The maximum atomic E-state index is 12.3. The van der Waals surface area contributed by atoms with E-state index in [1.54, 1.807) is 36.7 Å². The van der Waals surface area contributed by atoms with Crippen LogP contribution in [0.25, 0.3) is 22.0 Å². The molecular weight excluding hydrogens is 488 g/mol. The van der Waals surface area contributed by atoms with Crippen molar-refractivity contribution in [2.75, 3.05) is 23.0 Å². The van der Waals surface area contributed by atoms with Crippen LogP contribution in [0.5, 0.6) is 5.75 Å². The number of amides is 2. The third-order valence-corrected chi connectivity index (χ3v) is 6.10. The normalized spacial score (nSPS) is 10.8. The summed E-state index contributed by atoms with van der Waals surface area (Å²) in [5, 5.41) is 14.1. The Hall–Kier alpha value is -4.56. The van der Waals surface area contributed by atoms with Gasteiger partial charge in [0.05, 0.1) is 12.0 Å². The van der Waals surface area contributed by atoms with Gasteiger partial charge in [0.2, 0.25) is 0 Å². The number of halogens is 1. The molecule has 2 heterocycles. The molecular formula is C28H25ClN6O2. The number of nitrogens with two attached hydrogens (primary N) is 1. The lowest BCUT2D eigenvalue weighted by atomic mass is 10.0. The molecule has 5 rings (SSSR count). The molecule has 0 unspecified atom stereocenters. The number of carbonyl (C=O) groups excluding carboxylic acids is 1. The molecule has 0 aliphatic rings. The van der Waals surface area contributed by atoms with Crippen LogP contribution in [0.4, 0.5) is 22.0 Å². The molecule has 0 spiro atoms. The van der Waals surface area contributed by atoms with E-state index in [0.717, 1.165) is 34.9 Å². The van der Waals surface area contributed by atoms with Crippen LogP contribution in [-0.2, 0) is 6.42 Å². The van der Waals surface area contributed by atoms with Crippen LogP contribution in [0, 0.1) is 0 Å². The number of aryl methyl sites for hydroxylation is 1. The van der Waals surface area contributed by atoms with E-state index in [9.17, 15) is 4.79 Å². The van der Waals surface area contributed by atoms with Gasteiger partial charge in [-0.05, 0) is 84.1 Å². The Labute approximate surface area is 218 Å². The first-order valence-corrected chi connectivity index (χ1v) is 12.2. The second-order valence-electron chi connectivity index (χ2n) is 8.44. The first kappa shape index (κ1) is 24.1. The van der Waals surface area contributed by atoms with Crippen molar-refractivity contribution in [3.05, 3.63) is 95.8 Å². The van der Waals surface area contributed by atoms with Gasteiger partial charge >= 0.3 is 6.03 Å². The zero-order valence-corrected chi connectivity index (χ0v) is 20.6. The van der Waals surface area contributed by atoms with Crippen molar-refractivity contribution >= 4 is 45.7 Å². The SMILES string of the molecule is Nc1n[nH]c2c(OCCCc3ccncc3)ccc(-c3ccc(NC(=O)Nc4cccc(Cl)c4)cc3)c12. The van der Waals surface area contributed by atoms with Crippen LogP contribution in [0.2, 0.25) is 5.02 Å². The number of pyridine rings is 1. The van der Waals surface area contributed by atoms with Crippen molar-refractivity contribution in [2.45, 2.75) is 12.8 Å². The number of carbonyl (C=O) groups is 1. The molecule has 37 heavy (non-hydrogen) atoms. The van der Waals surface area contributed by atoms with Crippen molar-refractivity contribution in [1.82, 2.24) is 15.2 Å². The zero-order valence-electron chi connectivity index (χ0n) is 19.9. The highest BCUT2D eigenvalue weighted by atomic mass is 35.5. The van der Waals surface area contributed by atoms with Crippen molar-refractivity contribution in [3.63, 3.8) is 0 Å². The lowest BCUT2D eigenvalue weighted by molar-refractivity contribution is 0.262. The maximum absolute atomic E-state index is 12.3. The van der Waals surface area contributed by atoms with E-state index >= 15 is 0 Å². The molecule has 0 bridgehead atoms. The minimum Gasteiger partial charge on any atom is -0.491 e. The third-order valence-electron chi connectivity index (χ3n) is 5.86. The molecule has 186 valence electrons. The molecule has 2 amide bonds. The highest BCUT2D eigenvalue weighted by Crippen LogP contribution is 2.37. The van der Waals surface area contributed by atoms with E-state index in [4.69, 9.17) is 22.1 Å². The molecule has 3 aromatic carbocycles. The highest BCUT2D eigenvalue weighted by molar-refractivity contribution is 6.30. The Morgan fingerprint density at radius 1 is 0.973 bits per heavy atom. The van der Waals surface area contributed by atoms with Gasteiger partial charge in [0.15, 0.2) is 5.82 Å². The Bertz CT molecular complexity index is 1520. The quantitative estimate of drug-likeness (QED) is 0.177. The molecule has 0 aliphatic carbocycles. The van der Waals surface area contributed by atoms with Gasteiger partial charge in [0.1, 0.15) is 11.3 Å². The zero-order chi connectivity index (χ0) is 25.6. The van der Waals surface area contributed by atoms with Crippen molar-refractivity contribution in [2.24, 2.45) is 0 Å². The topological polar surface area (TPSA) is 118 Å². The van der Waals surface area contributed by atoms with Crippen LogP contribution >= 0.6 is 11.6 Å². The summed E-state index contributed by atoms with van der Waals surface area (Å²) in [5.74, 6) is 1.10. The molecule has 9 heteroatoms. The van der Waals surface area contributed by atoms with Crippen LogP contribution in [0.15, 0.2) is 85.2 Å². The number of hydrogen-bond acceptors (Lipinski definition) is 5. The summed E-state index contributed by atoms with van der Waals surface area (Å²) in [6.45, 7) is 0.563. The standard InChI is InChI=1S/C28H25ClN6O2/c29-20-4-1-5-22(17-20)33-28(36)32-21-8-6-19(7-9-21)23-10-11-24(26-25(23)27(30)35-34-26)37-16-2-3-18-12-14-31-15-13-18/h1,4-15,17H,2-3,16H2,(H3,30,34,35)(H2,32,33,36). The number of nitrogens with zero attached hydrogens (tertiary/aromatic N) is 2. The van der Waals surface area contributed by atoms with Crippen LogP contribution in [0.3, 0.4) is 0 Å². The van der Waals surface area contributed by atoms with Crippen LogP contribution < -0.4 is 21.1 Å². The largest absolute Gasteiger partial charge is 0.491 e. The smallest absolute Gasteiger partial charge is 0.323 e. The predicted octanol–water partition coefficient (Wildman–Crippen LogP) is 6.52. The average molecular weight is 513 g/mol. The number of nitrogens with one attached hydrogen (secondary N) is 3. The summed E-state index contributed by atoms with van der Waals surface area (Å²) in [7, 11) is 0. The van der Waals surface area contributed by atoms with E-state index < -0.39 is 0 Å². The van der Waals surface area contributed by atoms with Gasteiger partial charge in [-0.15, -0.1) is 0 Å². The summed E-state index contributed by atoms with van der Waals surface area (Å²) >= 11 is 5.98. The lowest BCUT2D eigenvalue weighted by Crippen LogP contribution is -2.19. The molecule has 2 aromatic heterocycles. The van der Waals surface area contributed by atoms with Crippen molar-refractivity contribution < 1.29 is 9.53 Å². The fourth-order valence-electron chi connectivity index (χ4n) is 4.09. The number of anilines is 3. The van der Waals surface area contributed by atoms with Gasteiger partial charge < -0.3 is 21.1 Å². The first-order chi connectivity index (χ1) is 18.1. The Morgan fingerprint density at radius 2 is 1.76 bits per heavy atom. The fraction of sp³-hybridized carbons (Fsp3) is 0.107. The Balaban J connectivity index is 1.26. The first-order valence-electron chi connectivity index (χ1n) is 11.8. The average Bonchev–Trinajstić information content (AvgIpc) is 3.30. The number of rotatable bonds is 8. The molecule has 8 nitrogen and oxygen atoms in total. The summed E-state index contributed by atoms with van der Waals surface area (Å²) in [4.78, 5) is 16.4. The number of nitrogen functional groups attached to an aromatic ring is 1. The third kappa shape index (κ3) is 5.82. The number of H-pyrrole nitrogens is 1. The summed E-state index contributed by atoms with van der Waals surface area (Å²) in [5.41, 5.74) is 11.3. The molecule has 0 atom stereocenters. The van der Waals surface area contributed by atoms with Gasteiger partial charge in [0, 0.05) is 28.8 Å². The van der Waals surface area contributed by atoms with E-state index in [1.165, 1.54) is 5.56 Å². The monoisotopic (exact) mass is 512 g/mol. The van der Waals surface area contributed by atoms with E-state index in [0.29, 0.717) is 34.6 Å². The molecule has 0 saturated heterocycles. The molecule has 0 radical (unpaired) electrons. The minimum atomic E-state index is -0.359. The number of benzene rings is 3. The Morgan fingerprint density at radius 3 is 2.54 bits per heavy atom. The number of fused-ring (bicyclic) bond motifs is 1. The minimum absolute atomic E-state index is 0.359. The number of aromatic nitrogens is 3. The van der Waals surface area contributed by atoms with Gasteiger partial charge in [-0.1, -0.05) is 29.8 Å². The molecule has 0 saturated carbocycles. The second kappa shape index (κ2) is 11.0. The van der Waals surface area contributed by atoms with Crippen molar-refractivity contribution in [1.29, 1.82) is 0 Å². The van der Waals surface area contributed by atoms with Crippen LogP contribution in [0.1, 0.15) is 12.0 Å². The second-order valence-corrected chi connectivity index (χ2v) is 8.88. The van der Waals surface area contributed by atoms with Crippen molar-refractivity contribution in [3.8, 4) is 16.9 Å². The highest BCUT2D eigenvalue weighted by Gasteiger charge is 2.15. The predicted molar refractivity (Wildman–Crippen MR) is 148 cm³/mol. The molecule has 5 aromatic rings. The summed E-state index contributed by atoms with van der Waals surface area (Å²) in [6.07, 6.45) is 5.37. The lowest BCUT2D eigenvalue weighted by Gasteiger charge is -2.11. The van der Waals surface area contributed by atoms with E-state index in [2.05, 4.69) is 25.8 Å². The molecule has 5 N–H and O–H groups in total. The number of aromatic amines is 1. The van der Waals surface area contributed by atoms with Crippen LogP contribution in [-0.4, -0.2) is 27.8 Å². The summed E-state index contributed by atoms with van der Waals surface area (Å²) < 4.78 is 6.06. The maximum Gasteiger partial charge on any atom is 0.323 e. The fourth-order valence-corrected chi connectivity index (χ4v) is 4.28. The van der Waals surface area contributed by atoms with Gasteiger partial charge in [-0.25, -0.2) is 4.79 Å². The number of ether oxygens (including phenoxy) is 1. The van der Waals surface area contributed by atoms with E-state index in [1.807, 2.05) is 48.5 Å². The number of urea groups is 1. The van der Waals surface area contributed by atoms with Gasteiger partial charge in [-0.3, -0.25) is 10.1 Å². The Kier molecular flexibility index (Phi) is 7.19. The van der Waals surface area contributed by atoms with Gasteiger partial charge in [-0.2, -0.15) is 5.10 Å². The number of hydrogen-bond donors (Lipinski definition) is 4. The molecule has 0 fully saturated rings. The molecule has 0 aliphatic heterocycles. The van der Waals surface area contributed by atoms with Gasteiger partial charge in [0.25, 0.3) is 0 Å².